The molecule has 42 heavy (non-hydrogen) atoms. The van der Waals surface area contributed by atoms with E-state index in [9.17, 15) is 40.7 Å². The summed E-state index contributed by atoms with van der Waals surface area (Å²) in [6, 6.07) is 16.0. The average Bonchev–Trinajstić information content (AvgIpc) is 2.95. The molecular formula is C30H24F6N2O4. The topological polar surface area (TPSA) is 77.4 Å². The van der Waals surface area contributed by atoms with Gasteiger partial charge in [-0.15, -0.1) is 0 Å². The smallest absolute Gasteiger partial charge is 0.416 e. The molecule has 1 N–H and O–H groups in total. The molecule has 0 bridgehead atoms. The quantitative estimate of drug-likeness (QED) is 0.186. The van der Waals surface area contributed by atoms with Crippen molar-refractivity contribution in [3.05, 3.63) is 106 Å². The molecule has 6 nitrogen and oxygen atoms in total. The fourth-order valence-corrected chi connectivity index (χ4v) is 4.57. The van der Waals surface area contributed by atoms with Crippen molar-refractivity contribution in [3.8, 4) is 11.1 Å². The highest BCUT2D eigenvalue weighted by Gasteiger charge is 2.37. The summed E-state index contributed by atoms with van der Waals surface area (Å²) in [4.78, 5) is 39.4. The third-order valence-corrected chi connectivity index (χ3v) is 6.40. The summed E-state index contributed by atoms with van der Waals surface area (Å²) in [6.45, 7) is 0.710. The van der Waals surface area contributed by atoms with Gasteiger partial charge in [0, 0.05) is 24.0 Å². The lowest BCUT2D eigenvalue weighted by Crippen LogP contribution is -2.34. The summed E-state index contributed by atoms with van der Waals surface area (Å²) in [7, 11) is 0. The van der Waals surface area contributed by atoms with E-state index in [1.807, 2.05) is 0 Å². The van der Waals surface area contributed by atoms with Crippen molar-refractivity contribution < 1.29 is 40.7 Å². The maximum atomic E-state index is 13.7. The Bertz CT molecular complexity index is 1650. The third-order valence-electron chi connectivity index (χ3n) is 6.40. The maximum Gasteiger partial charge on any atom is 0.416 e. The van der Waals surface area contributed by atoms with Crippen molar-refractivity contribution in [2.24, 2.45) is 0 Å². The first-order valence-corrected chi connectivity index (χ1v) is 12.7. The highest BCUT2D eigenvalue weighted by molar-refractivity contribution is 6.08. The van der Waals surface area contributed by atoms with Crippen molar-refractivity contribution >= 4 is 22.6 Å². The number of nitrogens with zero attached hydrogens (tertiary/aromatic N) is 1. The van der Waals surface area contributed by atoms with Gasteiger partial charge in [0.05, 0.1) is 24.2 Å². The van der Waals surface area contributed by atoms with Gasteiger partial charge in [-0.05, 0) is 47.7 Å². The molecule has 0 aliphatic rings. The second-order valence-corrected chi connectivity index (χ2v) is 9.24. The summed E-state index contributed by atoms with van der Waals surface area (Å²) in [5.74, 6) is -1.57. The lowest BCUT2D eigenvalue weighted by atomic mass is 9.96. The Balaban J connectivity index is 1.85. The Labute approximate surface area is 235 Å². The van der Waals surface area contributed by atoms with E-state index in [4.69, 9.17) is 4.74 Å². The molecule has 4 aromatic rings. The van der Waals surface area contributed by atoms with E-state index in [-0.39, 0.29) is 36.7 Å². The predicted octanol–water partition coefficient (Wildman–Crippen LogP) is 6.59. The first-order chi connectivity index (χ1) is 19.8. The van der Waals surface area contributed by atoms with Gasteiger partial charge in [-0.1, -0.05) is 48.5 Å². The van der Waals surface area contributed by atoms with Crippen LogP contribution in [-0.4, -0.2) is 23.1 Å². The molecule has 0 aliphatic carbocycles. The van der Waals surface area contributed by atoms with E-state index in [1.165, 1.54) is 0 Å². The molecule has 220 valence electrons. The minimum absolute atomic E-state index is 0.00475. The van der Waals surface area contributed by atoms with Crippen LogP contribution in [0.1, 0.15) is 40.5 Å². The maximum absolute atomic E-state index is 13.7. The van der Waals surface area contributed by atoms with Gasteiger partial charge in [-0.3, -0.25) is 14.4 Å². The molecule has 0 radical (unpaired) electrons. The zero-order chi connectivity index (χ0) is 30.7. The van der Waals surface area contributed by atoms with Gasteiger partial charge in [-0.2, -0.15) is 26.3 Å². The number of hydrogen-bond acceptors (Lipinski definition) is 4. The number of nitrogens with one attached hydrogen (secondary N) is 1. The van der Waals surface area contributed by atoms with Gasteiger partial charge in [0.1, 0.15) is 5.69 Å². The van der Waals surface area contributed by atoms with E-state index >= 15 is 0 Å². The van der Waals surface area contributed by atoms with Crippen LogP contribution in [0.15, 0.2) is 77.6 Å². The Morgan fingerprint density at radius 2 is 1.40 bits per heavy atom. The fourth-order valence-electron chi connectivity index (χ4n) is 4.57. The highest BCUT2D eigenvalue weighted by atomic mass is 19.4. The third kappa shape index (κ3) is 6.64. The molecule has 0 saturated heterocycles. The summed E-state index contributed by atoms with van der Waals surface area (Å²) < 4.78 is 86.2. The number of amides is 1. The molecule has 1 amide bonds. The van der Waals surface area contributed by atoms with Gasteiger partial charge in [-0.25, -0.2) is 0 Å². The summed E-state index contributed by atoms with van der Waals surface area (Å²) in [5.41, 5.74) is -3.51. The monoisotopic (exact) mass is 590 g/mol. The fraction of sp³-hybridized carbons (Fsp3) is 0.233. The molecular weight excluding hydrogens is 566 g/mol. The van der Waals surface area contributed by atoms with Crippen LogP contribution >= 0.6 is 0 Å². The number of carbonyl (C=O) groups is 2. The predicted molar refractivity (Wildman–Crippen MR) is 143 cm³/mol. The number of carbonyl (C=O) groups excluding carboxylic acids is 2. The molecule has 1 heterocycles. The number of halogens is 6. The Morgan fingerprint density at radius 1 is 0.833 bits per heavy atom. The first kappa shape index (κ1) is 30.4. The average molecular weight is 591 g/mol. The number of hydrogen-bond donors (Lipinski definition) is 1. The second-order valence-electron chi connectivity index (χ2n) is 9.24. The number of rotatable bonds is 8. The molecule has 12 heteroatoms. The summed E-state index contributed by atoms with van der Waals surface area (Å²) in [5, 5.41) is 3.01. The van der Waals surface area contributed by atoms with E-state index < -0.39 is 53.0 Å². The van der Waals surface area contributed by atoms with E-state index in [1.54, 1.807) is 61.5 Å². The van der Waals surface area contributed by atoms with E-state index in [2.05, 4.69) is 5.32 Å². The van der Waals surface area contributed by atoms with Crippen LogP contribution in [0.25, 0.3) is 21.9 Å². The lowest BCUT2D eigenvalue weighted by Gasteiger charge is -2.20. The van der Waals surface area contributed by atoms with Gasteiger partial charge in [0.25, 0.3) is 11.5 Å². The van der Waals surface area contributed by atoms with Gasteiger partial charge < -0.3 is 14.6 Å². The molecule has 0 fully saturated rings. The van der Waals surface area contributed by atoms with Crippen molar-refractivity contribution in [1.82, 2.24) is 9.88 Å². The molecule has 0 unspecified atom stereocenters. The van der Waals surface area contributed by atoms with Crippen molar-refractivity contribution in [2.45, 2.75) is 38.8 Å². The molecule has 1 aromatic heterocycles. The summed E-state index contributed by atoms with van der Waals surface area (Å²) in [6.07, 6.45) is -10.4. The van der Waals surface area contributed by atoms with Crippen LogP contribution < -0.4 is 10.9 Å². The second kappa shape index (κ2) is 12.1. The molecule has 0 saturated carbocycles. The molecule has 4 rings (SSSR count). The summed E-state index contributed by atoms with van der Waals surface area (Å²) >= 11 is 0. The SMILES string of the molecule is CCOC(=O)CCn1c(C(=O)NCc2cc(C(F)(F)F)cc(C(F)(F)F)c2)c(-c2ccccc2)c2ccccc2c1=O. The number of alkyl halides is 6. The number of aromatic nitrogens is 1. The van der Waals surface area contributed by atoms with Gasteiger partial charge in [0.15, 0.2) is 0 Å². The van der Waals surface area contributed by atoms with Crippen LogP contribution in [0.3, 0.4) is 0 Å². The van der Waals surface area contributed by atoms with Gasteiger partial charge in [0.2, 0.25) is 0 Å². The van der Waals surface area contributed by atoms with Crippen LogP contribution in [0, 0.1) is 0 Å². The minimum Gasteiger partial charge on any atom is -0.466 e. The van der Waals surface area contributed by atoms with E-state index in [0.717, 1.165) is 4.57 Å². The van der Waals surface area contributed by atoms with Crippen molar-refractivity contribution in [2.75, 3.05) is 6.61 Å². The lowest BCUT2D eigenvalue weighted by molar-refractivity contribution is -0.144. The Hall–Kier alpha value is -4.61. The largest absolute Gasteiger partial charge is 0.466 e. The van der Waals surface area contributed by atoms with Crippen LogP contribution in [0.2, 0.25) is 0 Å². The van der Waals surface area contributed by atoms with Crippen molar-refractivity contribution in [1.29, 1.82) is 0 Å². The molecule has 0 aliphatic heterocycles. The zero-order valence-corrected chi connectivity index (χ0v) is 22.1. The normalized spacial score (nSPS) is 11.9. The Morgan fingerprint density at radius 3 is 1.98 bits per heavy atom. The number of ether oxygens (including phenoxy) is 1. The number of pyridine rings is 1. The zero-order valence-electron chi connectivity index (χ0n) is 22.1. The first-order valence-electron chi connectivity index (χ1n) is 12.7. The number of fused-ring (bicyclic) bond motifs is 1. The standard InChI is InChI=1S/C30H24F6N2O4/c1-2-42-24(39)12-13-38-26(25(19-8-4-3-5-9-19)22-10-6-7-11-23(22)28(38)41)27(40)37-17-18-14-20(29(31,32)33)16-21(15-18)30(34,35)36/h3-11,14-16H,2,12-13,17H2,1H3,(H,37,40). The van der Waals surface area contributed by atoms with Crippen LogP contribution in [-0.2, 0) is 35.0 Å². The van der Waals surface area contributed by atoms with Crippen molar-refractivity contribution in [3.63, 3.8) is 0 Å². The van der Waals surface area contributed by atoms with E-state index in [0.29, 0.717) is 28.6 Å². The molecule has 3 aromatic carbocycles. The number of esters is 1. The molecule has 0 spiro atoms. The molecule has 0 atom stereocenters. The van der Waals surface area contributed by atoms with Crippen LogP contribution in [0.5, 0.6) is 0 Å². The highest BCUT2D eigenvalue weighted by Crippen LogP contribution is 2.36. The van der Waals surface area contributed by atoms with Crippen LogP contribution in [0.4, 0.5) is 26.3 Å². The minimum atomic E-state index is -5.06. The van der Waals surface area contributed by atoms with Gasteiger partial charge >= 0.3 is 18.3 Å². The number of benzene rings is 3. The Kier molecular flexibility index (Phi) is 8.74.